The van der Waals surface area contributed by atoms with Gasteiger partial charge >= 0.3 is 11.9 Å². The predicted octanol–water partition coefficient (Wildman–Crippen LogP) is 1.59. The molecule has 0 spiro atoms. The van der Waals surface area contributed by atoms with Gasteiger partial charge in [0.05, 0.1) is 5.56 Å². The molecule has 0 radical (unpaired) electrons. The summed E-state index contributed by atoms with van der Waals surface area (Å²) in [5.41, 5.74) is -0.356. The van der Waals surface area contributed by atoms with Crippen molar-refractivity contribution >= 4 is 11.9 Å². The lowest BCUT2D eigenvalue weighted by molar-refractivity contribution is 0.0683. The van der Waals surface area contributed by atoms with Crippen molar-refractivity contribution in [2.45, 2.75) is 0 Å². The number of hydrogen-bond acceptors (Lipinski definition) is 6. The molecule has 0 saturated carbocycles. The molecular weight excluding hydrogens is 296 g/mol. The second-order valence-corrected chi connectivity index (χ2v) is 4.02. The zero-order valence-electron chi connectivity index (χ0n) is 11.0. The van der Waals surface area contributed by atoms with Crippen molar-refractivity contribution in [1.82, 2.24) is 0 Å². The Hall–Kier alpha value is -3.42. The van der Waals surface area contributed by atoms with Gasteiger partial charge in [0.1, 0.15) is 17.1 Å². The van der Waals surface area contributed by atoms with E-state index in [1.807, 2.05) is 0 Å². The highest BCUT2D eigenvalue weighted by Gasteiger charge is 2.09. The molecule has 2 rings (SSSR count). The lowest BCUT2D eigenvalue weighted by Crippen LogP contribution is -1.95. The highest BCUT2D eigenvalue weighted by molar-refractivity contribution is 5.91. The fourth-order valence-electron chi connectivity index (χ4n) is 1.35. The van der Waals surface area contributed by atoms with Crippen molar-refractivity contribution < 1.29 is 40.2 Å². The Kier molecular flexibility index (Phi) is 5.17. The number of carboxylic acid groups (broad SMARTS) is 2. The molecule has 0 atom stereocenters. The molecule has 0 heterocycles. The Morgan fingerprint density at radius 3 is 1.73 bits per heavy atom. The van der Waals surface area contributed by atoms with Gasteiger partial charge in [0, 0.05) is 0 Å². The molecule has 0 fully saturated rings. The van der Waals surface area contributed by atoms with Gasteiger partial charge in [-0.05, 0) is 36.4 Å². The van der Waals surface area contributed by atoms with E-state index in [0.29, 0.717) is 0 Å². The topological polar surface area (TPSA) is 156 Å². The monoisotopic (exact) mass is 308 g/mol. The average molecular weight is 308 g/mol. The largest absolute Gasteiger partial charge is 0.508 e. The van der Waals surface area contributed by atoms with Crippen LogP contribution in [0, 0.1) is 0 Å². The minimum absolute atomic E-state index is 0.0553. The molecule has 0 aliphatic carbocycles. The lowest BCUT2D eigenvalue weighted by Gasteiger charge is -1.98. The number of phenolic OH excluding ortho intramolecular Hbond substituents is 3. The van der Waals surface area contributed by atoms with E-state index in [0.717, 1.165) is 24.3 Å². The summed E-state index contributed by atoms with van der Waals surface area (Å²) in [6.07, 6.45) is 0. The second-order valence-electron chi connectivity index (χ2n) is 4.02. The van der Waals surface area contributed by atoms with E-state index in [1.54, 1.807) is 0 Å². The summed E-state index contributed by atoms with van der Waals surface area (Å²) in [6, 6.07) is 6.63. The van der Waals surface area contributed by atoms with Crippen LogP contribution in [0.1, 0.15) is 20.7 Å². The van der Waals surface area contributed by atoms with Gasteiger partial charge in [-0.3, -0.25) is 0 Å². The maximum Gasteiger partial charge on any atom is 0.339 e. The van der Waals surface area contributed by atoms with E-state index in [9.17, 15) is 9.59 Å². The highest BCUT2D eigenvalue weighted by atomic mass is 16.4. The number of hydrogen-bond donors (Lipinski definition) is 6. The third-order valence-electron chi connectivity index (χ3n) is 2.43. The van der Waals surface area contributed by atoms with Crippen molar-refractivity contribution in [2.75, 3.05) is 0 Å². The van der Waals surface area contributed by atoms with Gasteiger partial charge in [-0.15, -0.1) is 0 Å². The molecule has 22 heavy (non-hydrogen) atoms. The van der Waals surface area contributed by atoms with Crippen LogP contribution < -0.4 is 0 Å². The van der Waals surface area contributed by atoms with E-state index in [-0.39, 0.29) is 28.4 Å². The van der Waals surface area contributed by atoms with Crippen molar-refractivity contribution in [3.05, 3.63) is 47.5 Å². The zero-order valence-corrected chi connectivity index (χ0v) is 11.0. The second kappa shape index (κ2) is 6.84. The summed E-state index contributed by atoms with van der Waals surface area (Å²) in [5.74, 6) is -3.69. The van der Waals surface area contributed by atoms with Crippen LogP contribution in [0.3, 0.4) is 0 Å². The molecule has 0 aromatic heterocycles. The molecule has 8 heteroatoms. The minimum atomic E-state index is -1.27. The lowest BCUT2D eigenvalue weighted by atomic mass is 10.2. The molecule has 8 nitrogen and oxygen atoms in total. The first-order valence-corrected chi connectivity index (χ1v) is 5.73. The standard InChI is InChI=1S/2C7H6O4/c8-4-1-2-6(9)5(3-4)7(10)11;8-5-2-1-4(7(10)11)3-6(5)9/h2*1-3,8-9H,(H,10,11). The van der Waals surface area contributed by atoms with Crippen molar-refractivity contribution in [3.63, 3.8) is 0 Å². The molecule has 116 valence electrons. The van der Waals surface area contributed by atoms with Gasteiger partial charge in [-0.2, -0.15) is 0 Å². The number of aromatic hydroxyl groups is 4. The van der Waals surface area contributed by atoms with Crippen LogP contribution in [0.5, 0.6) is 23.0 Å². The Morgan fingerprint density at radius 1 is 0.682 bits per heavy atom. The fourth-order valence-corrected chi connectivity index (χ4v) is 1.35. The number of carbonyl (C=O) groups is 2. The molecule has 6 N–H and O–H groups in total. The molecule has 0 amide bonds. The van der Waals surface area contributed by atoms with Crippen LogP contribution in [-0.4, -0.2) is 42.6 Å². The van der Waals surface area contributed by atoms with Gasteiger partial charge in [-0.25, -0.2) is 9.59 Å². The molecule has 2 aromatic carbocycles. The average Bonchev–Trinajstić information content (AvgIpc) is 2.44. The van der Waals surface area contributed by atoms with Crippen molar-refractivity contribution in [2.24, 2.45) is 0 Å². The molecule has 0 bridgehead atoms. The maximum absolute atomic E-state index is 10.3. The van der Waals surface area contributed by atoms with Crippen LogP contribution >= 0.6 is 0 Å². The third kappa shape index (κ3) is 4.30. The van der Waals surface area contributed by atoms with Gasteiger partial charge < -0.3 is 30.6 Å². The Bertz CT molecular complexity index is 708. The van der Waals surface area contributed by atoms with Crippen LogP contribution in [0.4, 0.5) is 0 Å². The third-order valence-corrected chi connectivity index (χ3v) is 2.43. The number of rotatable bonds is 2. The molecule has 0 saturated heterocycles. The number of benzene rings is 2. The van der Waals surface area contributed by atoms with Crippen LogP contribution in [-0.2, 0) is 0 Å². The van der Waals surface area contributed by atoms with Gasteiger partial charge in [-0.1, -0.05) is 0 Å². The first-order valence-electron chi connectivity index (χ1n) is 5.73. The molecule has 0 aliphatic heterocycles. The van der Waals surface area contributed by atoms with Gasteiger partial charge in [0.25, 0.3) is 0 Å². The normalized spacial score (nSPS) is 9.45. The van der Waals surface area contributed by atoms with Crippen molar-refractivity contribution in [1.29, 1.82) is 0 Å². The quantitative estimate of drug-likeness (QED) is 0.361. The highest BCUT2D eigenvalue weighted by Crippen LogP contribution is 2.24. The first kappa shape index (κ1) is 16.6. The fraction of sp³-hybridized carbons (Fsp3) is 0. The minimum Gasteiger partial charge on any atom is -0.508 e. The van der Waals surface area contributed by atoms with E-state index >= 15 is 0 Å². The van der Waals surface area contributed by atoms with Crippen LogP contribution in [0.25, 0.3) is 0 Å². The number of aromatic carboxylic acids is 2. The Morgan fingerprint density at radius 2 is 1.27 bits per heavy atom. The van der Waals surface area contributed by atoms with E-state index in [4.69, 9.17) is 30.6 Å². The van der Waals surface area contributed by atoms with Gasteiger partial charge in [0.15, 0.2) is 11.5 Å². The number of phenols is 4. The van der Waals surface area contributed by atoms with Crippen LogP contribution in [0.15, 0.2) is 36.4 Å². The summed E-state index contributed by atoms with van der Waals surface area (Å²) in [4.78, 5) is 20.6. The Balaban J connectivity index is 0.000000220. The Labute approximate surface area is 123 Å². The summed E-state index contributed by atoms with van der Waals surface area (Å²) < 4.78 is 0. The zero-order chi connectivity index (χ0) is 16.9. The molecule has 2 aromatic rings. The summed E-state index contributed by atoms with van der Waals surface area (Å²) in [7, 11) is 0. The smallest absolute Gasteiger partial charge is 0.339 e. The van der Waals surface area contributed by atoms with E-state index < -0.39 is 17.7 Å². The van der Waals surface area contributed by atoms with E-state index in [2.05, 4.69) is 0 Å². The van der Waals surface area contributed by atoms with Crippen molar-refractivity contribution in [3.8, 4) is 23.0 Å². The molecule has 0 unspecified atom stereocenters. The van der Waals surface area contributed by atoms with Gasteiger partial charge in [0.2, 0.25) is 0 Å². The number of carboxylic acids is 2. The molecular formula is C14H12O8. The summed E-state index contributed by atoms with van der Waals surface area (Å²) in [6.45, 7) is 0. The summed E-state index contributed by atoms with van der Waals surface area (Å²) >= 11 is 0. The first-order chi connectivity index (χ1) is 10.2. The molecule has 0 aliphatic rings. The van der Waals surface area contributed by atoms with E-state index in [1.165, 1.54) is 12.1 Å². The SMILES string of the molecule is O=C(O)c1cc(O)ccc1O.O=C(O)c1ccc(O)c(O)c1. The summed E-state index contributed by atoms with van der Waals surface area (Å²) in [5, 5.41) is 52.2. The maximum atomic E-state index is 10.3. The predicted molar refractivity (Wildman–Crippen MR) is 73.5 cm³/mol. The van der Waals surface area contributed by atoms with Crippen LogP contribution in [0.2, 0.25) is 0 Å².